The predicted octanol–water partition coefficient (Wildman–Crippen LogP) is 13.8. The maximum absolute atomic E-state index is 6.68. The van der Waals surface area contributed by atoms with Crippen LogP contribution in [0.5, 0.6) is 0 Å². The number of hydrogen-bond donors (Lipinski definition) is 0. The van der Waals surface area contributed by atoms with Crippen molar-refractivity contribution in [2.75, 3.05) is 4.90 Å². The second-order valence-corrected chi connectivity index (χ2v) is 14.1. The normalized spacial score (nSPS) is 13.1. The van der Waals surface area contributed by atoms with Gasteiger partial charge in [0.15, 0.2) is 0 Å². The first-order chi connectivity index (χ1) is 25.1. The van der Waals surface area contributed by atoms with E-state index in [0.29, 0.717) is 0 Å². The summed E-state index contributed by atoms with van der Waals surface area (Å²) in [5.41, 5.74) is 15.0. The van der Waals surface area contributed by atoms with Crippen molar-refractivity contribution in [3.05, 3.63) is 187 Å². The molecule has 1 aliphatic rings. The molecule has 0 spiro atoms. The molecule has 0 unspecified atom stereocenters. The monoisotopic (exact) mass is 653 g/mol. The third-order valence-corrected chi connectivity index (χ3v) is 10.9. The molecule has 0 saturated heterocycles. The first kappa shape index (κ1) is 29.5. The molecule has 2 nitrogen and oxygen atoms in total. The van der Waals surface area contributed by atoms with Crippen LogP contribution in [-0.2, 0) is 5.41 Å². The molecule has 1 heterocycles. The van der Waals surface area contributed by atoms with Gasteiger partial charge in [0.25, 0.3) is 0 Å². The average molecular weight is 654 g/mol. The Balaban J connectivity index is 1.29. The van der Waals surface area contributed by atoms with Gasteiger partial charge in [-0.15, -0.1) is 0 Å². The third-order valence-electron chi connectivity index (χ3n) is 10.9. The van der Waals surface area contributed by atoms with Crippen molar-refractivity contribution in [1.29, 1.82) is 0 Å². The lowest BCUT2D eigenvalue weighted by atomic mass is 9.81. The van der Waals surface area contributed by atoms with Crippen LogP contribution in [0.3, 0.4) is 0 Å². The van der Waals surface area contributed by atoms with E-state index in [2.05, 4.69) is 195 Å². The number of fused-ring (bicyclic) bond motifs is 8. The molecule has 0 aliphatic heterocycles. The SMILES string of the molecule is CC1(C)c2ccccc2-c2cccc(N(c3ccccc3-c3ccccc3)c3ccccc3-c3cccc4oc5c6ccccc6ccc5c34)c21. The van der Waals surface area contributed by atoms with Crippen LogP contribution in [0.25, 0.3) is 66.1 Å². The average Bonchev–Trinajstić information content (AvgIpc) is 3.69. The van der Waals surface area contributed by atoms with E-state index < -0.39 is 0 Å². The van der Waals surface area contributed by atoms with Gasteiger partial charge >= 0.3 is 0 Å². The van der Waals surface area contributed by atoms with Gasteiger partial charge in [-0.1, -0.05) is 159 Å². The largest absolute Gasteiger partial charge is 0.455 e. The summed E-state index contributed by atoms with van der Waals surface area (Å²) in [6.45, 7) is 4.74. The van der Waals surface area contributed by atoms with Crippen LogP contribution < -0.4 is 4.90 Å². The Bertz CT molecular complexity index is 2790. The van der Waals surface area contributed by atoms with E-state index in [1.54, 1.807) is 0 Å². The summed E-state index contributed by atoms with van der Waals surface area (Å²) in [4.78, 5) is 2.51. The lowest BCUT2D eigenvalue weighted by molar-refractivity contribution is 0.661. The molecule has 9 aromatic rings. The highest BCUT2D eigenvalue weighted by molar-refractivity contribution is 6.20. The molecular formula is C49H35NO. The lowest BCUT2D eigenvalue weighted by Gasteiger charge is -2.34. The van der Waals surface area contributed by atoms with Crippen LogP contribution in [0.4, 0.5) is 17.1 Å². The maximum atomic E-state index is 6.68. The molecule has 0 saturated carbocycles. The quantitative estimate of drug-likeness (QED) is 0.184. The molecule has 0 fully saturated rings. The van der Waals surface area contributed by atoms with Gasteiger partial charge in [0.1, 0.15) is 11.2 Å². The zero-order chi connectivity index (χ0) is 34.1. The summed E-state index contributed by atoms with van der Waals surface area (Å²) >= 11 is 0. The van der Waals surface area contributed by atoms with E-state index >= 15 is 0 Å². The molecule has 0 amide bonds. The molecule has 242 valence electrons. The second-order valence-electron chi connectivity index (χ2n) is 14.1. The van der Waals surface area contributed by atoms with Crippen molar-refractivity contribution in [2.24, 2.45) is 0 Å². The molecule has 51 heavy (non-hydrogen) atoms. The van der Waals surface area contributed by atoms with Crippen molar-refractivity contribution in [3.8, 4) is 33.4 Å². The van der Waals surface area contributed by atoms with Crippen LogP contribution in [0.15, 0.2) is 180 Å². The molecule has 8 aromatic carbocycles. The number of benzene rings is 8. The van der Waals surface area contributed by atoms with Gasteiger partial charge in [0.2, 0.25) is 0 Å². The number of anilines is 3. The van der Waals surface area contributed by atoms with Crippen LogP contribution in [0, 0.1) is 0 Å². The van der Waals surface area contributed by atoms with E-state index in [-0.39, 0.29) is 5.41 Å². The standard InChI is InChI=1S/C49H35NO/c1-49(2)41-25-11-8-21-36(41)39-24-14-28-44(47(39)49)50(42-26-12-9-19-34(42)32-16-4-3-5-17-32)43-27-13-10-22-37(43)38-23-15-29-45-46(38)40-31-30-33-18-6-7-20-35(33)48(40)51-45/h3-31H,1-2H3. The fourth-order valence-electron chi connectivity index (χ4n) is 8.60. The molecule has 0 atom stereocenters. The van der Waals surface area contributed by atoms with Gasteiger partial charge in [-0.2, -0.15) is 0 Å². The van der Waals surface area contributed by atoms with E-state index in [9.17, 15) is 0 Å². The molecular weight excluding hydrogens is 619 g/mol. The number of nitrogens with zero attached hydrogens (tertiary/aromatic N) is 1. The fourth-order valence-corrected chi connectivity index (χ4v) is 8.60. The van der Waals surface area contributed by atoms with E-state index in [1.807, 2.05) is 0 Å². The first-order valence-corrected chi connectivity index (χ1v) is 17.7. The number of rotatable bonds is 5. The van der Waals surface area contributed by atoms with E-state index in [0.717, 1.165) is 49.8 Å². The van der Waals surface area contributed by atoms with Crippen molar-refractivity contribution >= 4 is 49.8 Å². The summed E-state index contributed by atoms with van der Waals surface area (Å²) in [5, 5.41) is 4.57. The number of hydrogen-bond acceptors (Lipinski definition) is 2. The van der Waals surface area contributed by atoms with Gasteiger partial charge in [-0.3, -0.25) is 0 Å². The highest BCUT2D eigenvalue weighted by Gasteiger charge is 2.39. The summed E-state index contributed by atoms with van der Waals surface area (Å²) in [6, 6.07) is 63.6. The van der Waals surface area contributed by atoms with Crippen LogP contribution in [0.1, 0.15) is 25.0 Å². The van der Waals surface area contributed by atoms with Crippen molar-refractivity contribution in [2.45, 2.75) is 19.3 Å². The fraction of sp³-hybridized carbons (Fsp3) is 0.0612. The van der Waals surface area contributed by atoms with Crippen molar-refractivity contribution < 1.29 is 4.42 Å². The molecule has 1 aliphatic carbocycles. The van der Waals surface area contributed by atoms with Gasteiger partial charge in [0.05, 0.1) is 17.1 Å². The minimum Gasteiger partial charge on any atom is -0.455 e. The van der Waals surface area contributed by atoms with Gasteiger partial charge in [0, 0.05) is 32.7 Å². The van der Waals surface area contributed by atoms with E-state index in [1.165, 1.54) is 44.5 Å². The van der Waals surface area contributed by atoms with Gasteiger partial charge < -0.3 is 9.32 Å². The van der Waals surface area contributed by atoms with Crippen LogP contribution in [-0.4, -0.2) is 0 Å². The lowest BCUT2D eigenvalue weighted by Crippen LogP contribution is -2.21. The Morgan fingerprint density at radius 1 is 0.431 bits per heavy atom. The highest BCUT2D eigenvalue weighted by Crippen LogP contribution is 2.56. The molecule has 1 aromatic heterocycles. The molecule has 2 heteroatoms. The summed E-state index contributed by atoms with van der Waals surface area (Å²) in [6.07, 6.45) is 0. The summed E-state index contributed by atoms with van der Waals surface area (Å²) in [5.74, 6) is 0. The van der Waals surface area contributed by atoms with Crippen molar-refractivity contribution in [1.82, 2.24) is 0 Å². The van der Waals surface area contributed by atoms with Gasteiger partial charge in [-0.25, -0.2) is 0 Å². The number of furan rings is 1. The van der Waals surface area contributed by atoms with Gasteiger partial charge in [-0.05, 0) is 69.1 Å². The zero-order valence-electron chi connectivity index (χ0n) is 28.6. The van der Waals surface area contributed by atoms with Crippen LogP contribution in [0.2, 0.25) is 0 Å². The minimum absolute atomic E-state index is 0.209. The van der Waals surface area contributed by atoms with Crippen molar-refractivity contribution in [3.63, 3.8) is 0 Å². The Morgan fingerprint density at radius 2 is 1.04 bits per heavy atom. The second kappa shape index (κ2) is 11.3. The molecule has 10 rings (SSSR count). The molecule has 0 radical (unpaired) electrons. The smallest absolute Gasteiger partial charge is 0.143 e. The molecule has 0 bridgehead atoms. The Kier molecular flexibility index (Phi) is 6.56. The summed E-state index contributed by atoms with van der Waals surface area (Å²) < 4.78 is 6.68. The Labute approximate surface area is 297 Å². The zero-order valence-corrected chi connectivity index (χ0v) is 28.6. The predicted molar refractivity (Wildman–Crippen MR) is 214 cm³/mol. The number of para-hydroxylation sites is 2. The van der Waals surface area contributed by atoms with Crippen LogP contribution >= 0.6 is 0 Å². The first-order valence-electron chi connectivity index (χ1n) is 17.7. The molecule has 0 N–H and O–H groups in total. The topological polar surface area (TPSA) is 16.4 Å². The maximum Gasteiger partial charge on any atom is 0.143 e. The Morgan fingerprint density at radius 3 is 1.88 bits per heavy atom. The summed E-state index contributed by atoms with van der Waals surface area (Å²) in [7, 11) is 0. The highest BCUT2D eigenvalue weighted by atomic mass is 16.3. The third kappa shape index (κ3) is 4.43. The van der Waals surface area contributed by atoms with E-state index in [4.69, 9.17) is 4.42 Å². The minimum atomic E-state index is -0.209. The Hall–Kier alpha value is -6.38.